The third kappa shape index (κ3) is 27.5. The number of hydrogen-bond donors (Lipinski definition) is 6. The van der Waals surface area contributed by atoms with Gasteiger partial charge in [0.2, 0.25) is 0 Å². The van der Waals surface area contributed by atoms with Crippen LogP contribution in [0.25, 0.3) is 0 Å². The molecule has 0 aliphatic carbocycles. The minimum atomic E-state index is -2.66. The summed E-state index contributed by atoms with van der Waals surface area (Å²) < 4.78 is 50.1. The maximum Gasteiger partial charge on any atom is 0.500 e. The van der Waals surface area contributed by atoms with E-state index in [2.05, 4.69) is 34.3 Å². The van der Waals surface area contributed by atoms with Gasteiger partial charge in [0.1, 0.15) is 0 Å². The number of ether oxygens (including phenoxy) is 3. The second-order valence-electron chi connectivity index (χ2n) is 14.2. The van der Waals surface area contributed by atoms with Gasteiger partial charge in [0.05, 0.1) is 38.1 Å². The zero-order valence-corrected chi connectivity index (χ0v) is 38.5. The maximum absolute atomic E-state index is 10.9. The van der Waals surface area contributed by atoms with Crippen LogP contribution in [-0.4, -0.2) is 215 Å². The molecule has 338 valence electrons. The van der Waals surface area contributed by atoms with Gasteiger partial charge >= 0.3 is 17.6 Å². The predicted octanol–water partition coefficient (Wildman–Crippen LogP) is 0.614. The highest BCUT2D eigenvalue weighted by molar-refractivity contribution is 6.60. The third-order valence-corrected chi connectivity index (χ3v) is 15.5. The summed E-state index contributed by atoms with van der Waals surface area (Å²) >= 11 is 0. The molecule has 0 heterocycles. The van der Waals surface area contributed by atoms with Gasteiger partial charge in [0, 0.05) is 147 Å². The van der Waals surface area contributed by atoms with E-state index in [1.165, 1.54) is 19.3 Å². The van der Waals surface area contributed by atoms with Gasteiger partial charge in [-0.05, 0) is 25.2 Å². The first-order valence-electron chi connectivity index (χ1n) is 20.7. The summed E-state index contributed by atoms with van der Waals surface area (Å²) in [7, 11) is 4.25. The monoisotopic (exact) mass is 848 g/mol. The number of rotatable bonds is 43. The molecule has 0 saturated carbocycles. The van der Waals surface area contributed by atoms with Gasteiger partial charge in [-0.2, -0.15) is 0 Å². The Kier molecular flexibility index (Phi) is 36.4. The largest absolute Gasteiger partial charge is 0.500 e. The summed E-state index contributed by atoms with van der Waals surface area (Å²) in [5, 5.41) is 38.8. The molecule has 19 heteroatoms. The Morgan fingerprint density at radius 2 is 1.02 bits per heavy atom. The molecule has 0 amide bonds. The fraction of sp³-hybridized carbons (Fsp3) is 1.00. The number of aliphatic hydroxyl groups is 3. The lowest BCUT2D eigenvalue weighted by Gasteiger charge is -2.27. The topological polar surface area (TPSA) is 200 Å². The average molecular weight is 848 g/mol. The van der Waals surface area contributed by atoms with E-state index in [0.29, 0.717) is 116 Å². The quantitative estimate of drug-likeness (QED) is 0.0368. The second-order valence-corrected chi connectivity index (χ2v) is 20.4. The normalized spacial score (nSPS) is 14.9. The Morgan fingerprint density at radius 3 is 1.46 bits per heavy atom. The van der Waals surface area contributed by atoms with E-state index < -0.39 is 35.9 Å². The van der Waals surface area contributed by atoms with Crippen molar-refractivity contribution in [3.63, 3.8) is 0 Å². The SMILES string of the molecule is CCCCC(CC)COCC(O)CN(CCN)CCNCCN(CCNCC(O)COCCC[Si](OC)(OC)OC)CC(O)COCCC[Si](OC)(OC)OC. The first kappa shape index (κ1) is 55.8. The van der Waals surface area contributed by atoms with E-state index in [-0.39, 0.29) is 13.2 Å². The van der Waals surface area contributed by atoms with Crippen LogP contribution in [0.2, 0.25) is 12.1 Å². The Bertz CT molecular complexity index is 845. The third-order valence-electron chi connectivity index (χ3n) is 9.81. The van der Waals surface area contributed by atoms with Crippen molar-refractivity contribution in [3.05, 3.63) is 0 Å². The molecular formula is C37H85N5O12Si2. The number of nitrogens with one attached hydrogen (secondary N) is 2. The van der Waals surface area contributed by atoms with Crippen molar-refractivity contribution in [2.45, 2.75) is 82.8 Å². The zero-order chi connectivity index (χ0) is 41.9. The Hall–Kier alpha value is -0.246. The van der Waals surface area contributed by atoms with Crippen molar-refractivity contribution in [2.24, 2.45) is 11.7 Å². The molecule has 0 rings (SSSR count). The molecule has 17 nitrogen and oxygen atoms in total. The van der Waals surface area contributed by atoms with Crippen molar-refractivity contribution in [3.8, 4) is 0 Å². The van der Waals surface area contributed by atoms with Crippen LogP contribution in [0, 0.1) is 5.92 Å². The summed E-state index contributed by atoms with van der Waals surface area (Å²) in [6.07, 6.45) is 4.14. The summed E-state index contributed by atoms with van der Waals surface area (Å²) in [6.45, 7) is 13.4. The predicted molar refractivity (Wildman–Crippen MR) is 224 cm³/mol. The van der Waals surface area contributed by atoms with Gasteiger partial charge in [-0.15, -0.1) is 0 Å². The van der Waals surface area contributed by atoms with E-state index in [0.717, 1.165) is 19.5 Å². The van der Waals surface area contributed by atoms with Crippen molar-refractivity contribution >= 4 is 17.6 Å². The first-order valence-corrected chi connectivity index (χ1v) is 24.6. The molecule has 0 aliphatic rings. The number of nitrogens with zero attached hydrogens (tertiary/aromatic N) is 2. The van der Waals surface area contributed by atoms with Crippen LogP contribution in [0.5, 0.6) is 0 Å². The standard InChI is InChI=1S/C37H85N5O12Si2/c1-9-11-14-34(10-2)30-54-33-37(45)28-41(19-15-38)20-16-39-17-21-42(29-36(44)32-53-24-13-26-56(49-6,50-7)51-8)22-18-40-27-35(43)31-52-23-12-25-55(46-3,47-4)48-5/h34-37,39-40,43-45H,9-33,38H2,1-8H3. The highest BCUT2D eigenvalue weighted by atomic mass is 28.4. The lowest BCUT2D eigenvalue weighted by Crippen LogP contribution is -2.45. The van der Waals surface area contributed by atoms with Crippen LogP contribution in [0.3, 0.4) is 0 Å². The molecule has 0 fully saturated rings. The van der Waals surface area contributed by atoms with Crippen LogP contribution in [0.4, 0.5) is 0 Å². The lowest BCUT2D eigenvalue weighted by molar-refractivity contribution is 0.00340. The van der Waals surface area contributed by atoms with Gasteiger partial charge in [-0.25, -0.2) is 0 Å². The number of hydrogen-bond acceptors (Lipinski definition) is 17. The molecule has 4 unspecified atom stereocenters. The number of unbranched alkanes of at least 4 members (excludes halogenated alkanes) is 1. The Labute approximate surface area is 342 Å². The molecule has 0 spiro atoms. The van der Waals surface area contributed by atoms with Gasteiger partial charge < -0.3 is 72.5 Å². The van der Waals surface area contributed by atoms with Crippen molar-refractivity contribution in [2.75, 3.05) is 154 Å². The Morgan fingerprint density at radius 1 is 0.571 bits per heavy atom. The van der Waals surface area contributed by atoms with Crippen molar-refractivity contribution < 1.29 is 56.1 Å². The van der Waals surface area contributed by atoms with E-state index in [1.54, 1.807) is 42.7 Å². The van der Waals surface area contributed by atoms with E-state index in [4.69, 9.17) is 46.5 Å². The maximum atomic E-state index is 10.9. The molecule has 0 saturated heterocycles. The Balaban J connectivity index is 4.83. The van der Waals surface area contributed by atoms with Crippen LogP contribution in [-0.2, 0) is 40.8 Å². The average Bonchev–Trinajstić information content (AvgIpc) is 3.20. The lowest BCUT2D eigenvalue weighted by atomic mass is 10.0. The van der Waals surface area contributed by atoms with Crippen LogP contribution in [0.15, 0.2) is 0 Å². The zero-order valence-electron chi connectivity index (χ0n) is 36.5. The summed E-state index contributed by atoms with van der Waals surface area (Å²) in [5.74, 6) is 0.542. The van der Waals surface area contributed by atoms with E-state index in [9.17, 15) is 15.3 Å². The first-order chi connectivity index (χ1) is 27.0. The highest BCUT2D eigenvalue weighted by Crippen LogP contribution is 2.16. The summed E-state index contributed by atoms with van der Waals surface area (Å²) in [4.78, 5) is 4.34. The van der Waals surface area contributed by atoms with E-state index >= 15 is 0 Å². The van der Waals surface area contributed by atoms with Crippen molar-refractivity contribution in [1.82, 2.24) is 20.4 Å². The fourth-order valence-electron chi connectivity index (χ4n) is 6.24. The molecule has 4 atom stereocenters. The van der Waals surface area contributed by atoms with E-state index in [1.807, 2.05) is 0 Å². The fourth-order valence-corrected chi connectivity index (χ4v) is 9.62. The molecular weight excluding hydrogens is 763 g/mol. The molecule has 7 N–H and O–H groups in total. The molecule has 0 aromatic heterocycles. The molecule has 0 aromatic rings. The summed E-state index contributed by atoms with van der Waals surface area (Å²) in [6, 6.07) is 1.26. The summed E-state index contributed by atoms with van der Waals surface area (Å²) in [5.41, 5.74) is 5.89. The molecule has 56 heavy (non-hydrogen) atoms. The minimum absolute atomic E-state index is 0.204. The van der Waals surface area contributed by atoms with Crippen LogP contribution < -0.4 is 16.4 Å². The van der Waals surface area contributed by atoms with Gasteiger partial charge in [-0.3, -0.25) is 9.80 Å². The molecule has 0 aromatic carbocycles. The van der Waals surface area contributed by atoms with Gasteiger partial charge in [0.15, 0.2) is 0 Å². The van der Waals surface area contributed by atoms with Crippen molar-refractivity contribution in [1.29, 1.82) is 0 Å². The number of nitrogens with two attached hydrogens (primary N) is 1. The second kappa shape index (κ2) is 36.6. The van der Waals surface area contributed by atoms with Crippen LogP contribution in [0.1, 0.15) is 52.4 Å². The molecule has 0 aliphatic heterocycles. The number of aliphatic hydroxyl groups excluding tert-OH is 3. The minimum Gasteiger partial charge on any atom is -0.389 e. The van der Waals surface area contributed by atoms with Crippen LogP contribution >= 0.6 is 0 Å². The van der Waals surface area contributed by atoms with Gasteiger partial charge in [0.25, 0.3) is 0 Å². The highest BCUT2D eigenvalue weighted by Gasteiger charge is 2.37. The van der Waals surface area contributed by atoms with Gasteiger partial charge in [-0.1, -0.05) is 33.1 Å². The molecule has 0 bridgehead atoms. The smallest absolute Gasteiger partial charge is 0.389 e. The molecule has 0 radical (unpaired) electrons.